The van der Waals surface area contributed by atoms with Gasteiger partial charge >= 0.3 is 21.1 Å². The van der Waals surface area contributed by atoms with E-state index in [2.05, 4.69) is 59.5 Å². The number of hydrogen-bond acceptors (Lipinski definition) is 4. The summed E-state index contributed by atoms with van der Waals surface area (Å²) in [6.45, 7) is 2.69. The number of anilines is 1. The van der Waals surface area contributed by atoms with Crippen molar-refractivity contribution in [1.82, 2.24) is 9.88 Å². The summed E-state index contributed by atoms with van der Waals surface area (Å²) in [6, 6.07) is 33.9. The van der Waals surface area contributed by atoms with E-state index in [-0.39, 0.29) is 26.8 Å². The van der Waals surface area contributed by atoms with Gasteiger partial charge in [-0.3, -0.25) is 4.98 Å². The van der Waals surface area contributed by atoms with Crippen LogP contribution in [0, 0.1) is 12.7 Å². The number of phenolic OH excluding ortho intramolecular Hbond substituents is 1. The standard InChI is InChI=1S/C29H21N3O.Pt/c33-29-11-4-3-10-28(29)32-17-16-31(20-32)19-24-8-5-7-21-12-13-23(18-25(21)24)27-15-14-22-6-1-2-9-26(22)30-27;/h1-17,20,33H,19H2;/q-2;+2. The molecule has 0 radical (unpaired) electrons. The summed E-state index contributed by atoms with van der Waals surface area (Å²) in [4.78, 5) is 8.88. The van der Waals surface area contributed by atoms with Gasteiger partial charge in [0, 0.05) is 5.69 Å². The first kappa shape index (κ1) is 22.2. The zero-order valence-corrected chi connectivity index (χ0v) is 20.5. The van der Waals surface area contributed by atoms with E-state index in [1.54, 1.807) is 6.07 Å². The number of pyridine rings is 1. The van der Waals surface area contributed by atoms with Gasteiger partial charge in [-0.1, -0.05) is 77.2 Å². The molecule has 0 spiro atoms. The second-order valence-electron chi connectivity index (χ2n) is 8.12. The van der Waals surface area contributed by atoms with Gasteiger partial charge in [0.2, 0.25) is 0 Å². The molecule has 6 rings (SSSR count). The van der Waals surface area contributed by atoms with E-state index in [1.807, 2.05) is 60.4 Å². The fraction of sp³-hybridized carbons (Fsp3) is 0.0345. The third-order valence-electron chi connectivity index (χ3n) is 5.95. The van der Waals surface area contributed by atoms with Crippen molar-refractivity contribution in [2.75, 3.05) is 4.90 Å². The molecule has 1 aromatic heterocycles. The molecule has 0 amide bonds. The van der Waals surface area contributed by atoms with Crippen molar-refractivity contribution >= 4 is 27.4 Å². The Labute approximate surface area is 213 Å². The molecule has 0 atom stereocenters. The summed E-state index contributed by atoms with van der Waals surface area (Å²) in [6.07, 6.45) is 3.97. The number of fused-ring (bicyclic) bond motifs is 2. The molecule has 1 aliphatic rings. The largest absolute Gasteiger partial charge is 2.00 e. The zero-order valence-electron chi connectivity index (χ0n) is 18.2. The van der Waals surface area contributed by atoms with E-state index in [0.717, 1.165) is 38.6 Å². The van der Waals surface area contributed by atoms with Crippen LogP contribution < -0.4 is 4.90 Å². The maximum Gasteiger partial charge on any atom is 2.00 e. The fourth-order valence-electron chi connectivity index (χ4n) is 4.27. The average molecular weight is 623 g/mol. The Bertz CT molecular complexity index is 1510. The third kappa shape index (κ3) is 4.18. The first-order chi connectivity index (χ1) is 16.2. The van der Waals surface area contributed by atoms with Crippen molar-refractivity contribution in [3.8, 4) is 17.0 Å². The molecule has 34 heavy (non-hydrogen) atoms. The molecule has 0 bridgehead atoms. The number of nitrogens with zero attached hydrogens (tertiary/aromatic N) is 3. The minimum absolute atomic E-state index is 0. The number of phenols is 1. The normalized spacial score (nSPS) is 12.9. The van der Waals surface area contributed by atoms with E-state index >= 15 is 0 Å². The van der Waals surface area contributed by atoms with Crippen LogP contribution >= 0.6 is 0 Å². The molecule has 5 aromatic rings. The molecule has 4 nitrogen and oxygen atoms in total. The number of hydrogen-bond donors (Lipinski definition) is 1. The Morgan fingerprint density at radius 2 is 1.59 bits per heavy atom. The SMILES string of the molecule is Oc1ccccc1N1C=CN(Cc2cccc3ccc(-c4ccc5ccccc5n4)[c-]c23)[CH-]1.[Pt+2]. The van der Waals surface area contributed by atoms with Crippen LogP contribution in [0.3, 0.4) is 0 Å². The monoisotopic (exact) mass is 622 g/mol. The number of rotatable bonds is 4. The van der Waals surface area contributed by atoms with Crippen molar-refractivity contribution in [2.45, 2.75) is 6.54 Å². The molecule has 2 heterocycles. The molecule has 0 aliphatic carbocycles. The van der Waals surface area contributed by atoms with Crippen molar-refractivity contribution in [3.63, 3.8) is 0 Å². The first-order valence-electron chi connectivity index (χ1n) is 10.9. The van der Waals surface area contributed by atoms with Crippen molar-refractivity contribution < 1.29 is 26.2 Å². The second kappa shape index (κ2) is 9.32. The number of benzene rings is 4. The third-order valence-corrected chi connectivity index (χ3v) is 5.95. The summed E-state index contributed by atoms with van der Waals surface area (Å²) in [5.41, 5.74) is 4.82. The van der Waals surface area contributed by atoms with E-state index in [1.165, 1.54) is 5.56 Å². The molecule has 0 saturated carbocycles. The molecule has 0 fully saturated rings. The van der Waals surface area contributed by atoms with Crippen LogP contribution in [0.15, 0.2) is 103 Å². The van der Waals surface area contributed by atoms with Crippen LogP contribution in [0.5, 0.6) is 5.75 Å². The number of aromatic hydroxyl groups is 1. The first-order valence-corrected chi connectivity index (χ1v) is 10.9. The van der Waals surface area contributed by atoms with E-state index < -0.39 is 0 Å². The van der Waals surface area contributed by atoms with Crippen LogP contribution in [-0.2, 0) is 27.6 Å². The minimum Gasteiger partial charge on any atom is -0.510 e. The van der Waals surface area contributed by atoms with Gasteiger partial charge in [-0.2, -0.15) is 6.67 Å². The Morgan fingerprint density at radius 3 is 2.50 bits per heavy atom. The van der Waals surface area contributed by atoms with Gasteiger partial charge in [0.25, 0.3) is 0 Å². The van der Waals surface area contributed by atoms with Crippen LogP contribution in [0.2, 0.25) is 0 Å². The Hall–Kier alpha value is -3.62. The van der Waals surface area contributed by atoms with Crippen molar-refractivity contribution in [1.29, 1.82) is 0 Å². The minimum atomic E-state index is 0. The van der Waals surface area contributed by atoms with E-state index in [4.69, 9.17) is 4.98 Å². The summed E-state index contributed by atoms with van der Waals surface area (Å²) in [5, 5.41) is 13.5. The van der Waals surface area contributed by atoms with Gasteiger partial charge in [0.15, 0.2) is 0 Å². The molecule has 5 heteroatoms. The summed E-state index contributed by atoms with van der Waals surface area (Å²) in [7, 11) is 0. The van der Waals surface area contributed by atoms with E-state index in [0.29, 0.717) is 6.54 Å². The van der Waals surface area contributed by atoms with Crippen LogP contribution in [-0.4, -0.2) is 15.0 Å². The van der Waals surface area contributed by atoms with E-state index in [9.17, 15) is 5.11 Å². The maximum atomic E-state index is 10.2. The average Bonchev–Trinajstić information content (AvgIpc) is 3.32. The molecule has 4 aromatic carbocycles. The molecule has 168 valence electrons. The Kier molecular flexibility index (Phi) is 6.08. The maximum absolute atomic E-state index is 10.2. The molecule has 0 unspecified atom stereocenters. The van der Waals surface area contributed by atoms with Gasteiger partial charge in [-0.25, -0.2) is 0 Å². The summed E-state index contributed by atoms with van der Waals surface area (Å²) in [5.74, 6) is 0.256. The topological polar surface area (TPSA) is 39.6 Å². The summed E-state index contributed by atoms with van der Waals surface area (Å²) < 4.78 is 0. The quantitative estimate of drug-likeness (QED) is 0.233. The van der Waals surface area contributed by atoms with Gasteiger partial charge in [0.1, 0.15) is 5.75 Å². The molecule has 1 N–H and O–H groups in total. The molecular formula is C29H21N3OPt. The Morgan fingerprint density at radius 1 is 0.794 bits per heavy atom. The van der Waals surface area contributed by atoms with Gasteiger partial charge in [-0.15, -0.1) is 23.6 Å². The van der Waals surface area contributed by atoms with Crippen LogP contribution in [0.1, 0.15) is 5.56 Å². The Balaban J connectivity index is 0.00000241. The van der Waals surface area contributed by atoms with Crippen LogP contribution in [0.25, 0.3) is 32.9 Å². The fourth-order valence-corrected chi connectivity index (χ4v) is 4.27. The molecule has 0 saturated heterocycles. The second-order valence-corrected chi connectivity index (χ2v) is 8.12. The predicted octanol–water partition coefficient (Wildman–Crippen LogP) is 6.47. The summed E-state index contributed by atoms with van der Waals surface area (Å²) >= 11 is 0. The van der Waals surface area contributed by atoms with Gasteiger partial charge in [0.05, 0.1) is 11.2 Å². The smallest absolute Gasteiger partial charge is 0.510 e. The van der Waals surface area contributed by atoms with Crippen molar-refractivity contribution in [2.24, 2.45) is 0 Å². The number of aromatic nitrogens is 1. The van der Waals surface area contributed by atoms with Gasteiger partial charge in [-0.05, 0) is 42.5 Å². The van der Waals surface area contributed by atoms with Crippen molar-refractivity contribution in [3.05, 3.63) is 122 Å². The molecular weight excluding hydrogens is 601 g/mol. The molecule has 1 aliphatic heterocycles. The van der Waals surface area contributed by atoms with Crippen LogP contribution in [0.4, 0.5) is 5.69 Å². The number of para-hydroxylation sites is 3. The predicted molar refractivity (Wildman–Crippen MR) is 133 cm³/mol. The zero-order chi connectivity index (χ0) is 22.2. The van der Waals surface area contributed by atoms with Gasteiger partial charge < -0.3 is 14.9 Å².